The lowest BCUT2D eigenvalue weighted by Crippen LogP contribution is -2.93. The fourth-order valence-electron chi connectivity index (χ4n) is 12.1. The Morgan fingerprint density at radius 3 is 1.32 bits per heavy atom. The van der Waals surface area contributed by atoms with Crippen molar-refractivity contribution in [3.8, 4) is 33.8 Å². The van der Waals surface area contributed by atoms with Crippen LogP contribution in [0.15, 0.2) is 277 Å². The summed E-state index contributed by atoms with van der Waals surface area (Å²) in [5.74, 6) is 1.88. The van der Waals surface area contributed by atoms with Crippen LogP contribution in [0.3, 0.4) is 0 Å². The molecule has 2 aliphatic heterocycles. The van der Waals surface area contributed by atoms with Crippen LogP contribution < -0.4 is 51.1 Å². The molecule has 1 aromatic heterocycles. The lowest BCUT2D eigenvalue weighted by molar-refractivity contribution is 0.487. The predicted octanol–water partition coefficient (Wildman–Crippen LogP) is 11.6. The molecular weight excluding hydrogens is 895 g/mol. The van der Waals surface area contributed by atoms with Gasteiger partial charge in [-0.05, 0) is 124 Å². The van der Waals surface area contributed by atoms with Gasteiger partial charge in [-0.25, -0.2) is 0 Å². The minimum absolute atomic E-state index is 0.849. The molecule has 0 saturated heterocycles. The minimum Gasteiger partial charge on any atom is -0.458 e. The van der Waals surface area contributed by atoms with Gasteiger partial charge >= 0.3 is 0 Å². The van der Waals surface area contributed by atoms with Crippen molar-refractivity contribution in [1.82, 2.24) is 0 Å². The van der Waals surface area contributed by atoms with Crippen molar-refractivity contribution in [3.63, 3.8) is 0 Å². The van der Waals surface area contributed by atoms with Gasteiger partial charge in [0.05, 0.1) is 0 Å². The molecule has 0 bridgehead atoms. The third-order valence-electron chi connectivity index (χ3n) is 15.1. The van der Waals surface area contributed by atoms with Gasteiger partial charge in [0, 0.05) is 33.9 Å². The molecular formula is C66H45NO2Si2. The normalized spacial score (nSPS) is 13.7. The van der Waals surface area contributed by atoms with E-state index in [0.717, 1.165) is 61.6 Å². The van der Waals surface area contributed by atoms with E-state index >= 15 is 0 Å². The Labute approximate surface area is 415 Å². The van der Waals surface area contributed by atoms with Gasteiger partial charge in [-0.15, -0.1) is 0 Å². The maximum Gasteiger partial charge on any atom is 0.188 e. The standard InChI is InChI=1S/C66H45NO2Si2/c1-5-19-46(20-6-1)47-33-37-51(38-34-47)67(50-21-7-2-8-22-50)52-39-41-56-55-40-35-48(43-59(55)69-60(56)45-52)49-36-42-65-66(44-49)71(61-29-15-13-27-57(61)68-58-28-14-16-30-62(58)71)64-32-18-17-31-63(64)70(65,53-23-9-3-10-24-53)54-25-11-4-12-26-54/h1-45H. The number of hydrogen-bond donors (Lipinski definition) is 0. The number of hydrogen-bond acceptors (Lipinski definition) is 3. The molecule has 12 aromatic rings. The van der Waals surface area contributed by atoms with Gasteiger partial charge in [0.1, 0.15) is 22.7 Å². The largest absolute Gasteiger partial charge is 0.458 e. The SMILES string of the molecule is c1ccc(-c2ccc(N(c3ccccc3)c3ccc4c(c3)oc3cc(-c5ccc6c(c5)[Si]5(c7ccccc7Oc7ccccc75)c5ccccc5[Si]6(c5ccccc5)c5ccccc5)ccc34)cc2)cc1. The summed E-state index contributed by atoms with van der Waals surface area (Å²) in [5.41, 5.74) is 9.56. The molecule has 2 aliphatic rings. The Bertz CT molecular complexity index is 3880. The van der Waals surface area contributed by atoms with Gasteiger partial charge < -0.3 is 14.1 Å². The average molecular weight is 940 g/mol. The molecule has 0 atom stereocenters. The summed E-state index contributed by atoms with van der Waals surface area (Å²) in [6.07, 6.45) is 0. The monoisotopic (exact) mass is 939 g/mol. The molecule has 3 nitrogen and oxygen atoms in total. The van der Waals surface area contributed by atoms with Crippen LogP contribution in [0.1, 0.15) is 0 Å². The van der Waals surface area contributed by atoms with E-state index in [1.165, 1.54) is 52.6 Å². The van der Waals surface area contributed by atoms with Crippen LogP contribution in [-0.4, -0.2) is 16.1 Å². The van der Waals surface area contributed by atoms with Gasteiger partial charge in [-0.1, -0.05) is 206 Å². The fourth-order valence-corrected chi connectivity index (χ4v) is 24.4. The number of para-hydroxylation sites is 3. The molecule has 14 rings (SSSR count). The zero-order chi connectivity index (χ0) is 46.9. The Hall–Kier alpha value is -8.75. The zero-order valence-corrected chi connectivity index (χ0v) is 40.7. The van der Waals surface area contributed by atoms with E-state index in [2.05, 4.69) is 278 Å². The van der Waals surface area contributed by atoms with E-state index in [-0.39, 0.29) is 0 Å². The van der Waals surface area contributed by atoms with E-state index in [1.54, 1.807) is 0 Å². The third kappa shape index (κ3) is 6.27. The van der Waals surface area contributed by atoms with Gasteiger partial charge in [-0.3, -0.25) is 0 Å². The number of anilines is 3. The summed E-state index contributed by atoms with van der Waals surface area (Å²) < 4.78 is 13.8. The minimum atomic E-state index is -3.06. The van der Waals surface area contributed by atoms with Gasteiger partial charge in [0.25, 0.3) is 0 Å². The molecule has 3 heterocycles. The molecule has 0 amide bonds. The van der Waals surface area contributed by atoms with E-state index in [4.69, 9.17) is 9.15 Å². The van der Waals surface area contributed by atoms with Crippen molar-refractivity contribution in [2.45, 2.75) is 0 Å². The number of furan rings is 1. The van der Waals surface area contributed by atoms with Crippen molar-refractivity contribution in [1.29, 1.82) is 0 Å². The van der Waals surface area contributed by atoms with Crippen molar-refractivity contribution in [2.24, 2.45) is 0 Å². The molecule has 334 valence electrons. The summed E-state index contributed by atoms with van der Waals surface area (Å²) in [7, 11) is -5.99. The number of fused-ring (bicyclic) bond motifs is 11. The van der Waals surface area contributed by atoms with Gasteiger partial charge in [-0.2, -0.15) is 0 Å². The van der Waals surface area contributed by atoms with Crippen LogP contribution in [0, 0.1) is 0 Å². The molecule has 0 fully saturated rings. The van der Waals surface area contributed by atoms with E-state index < -0.39 is 16.1 Å². The number of rotatable bonds is 7. The number of benzene rings is 11. The summed E-state index contributed by atoms with van der Waals surface area (Å²) in [6.45, 7) is 0. The first-order valence-electron chi connectivity index (χ1n) is 24.4. The topological polar surface area (TPSA) is 25.6 Å². The molecule has 0 radical (unpaired) electrons. The zero-order valence-electron chi connectivity index (χ0n) is 38.7. The lowest BCUT2D eigenvalue weighted by Gasteiger charge is -2.50. The number of ether oxygens (including phenoxy) is 1. The highest BCUT2D eigenvalue weighted by Gasteiger charge is 2.59. The van der Waals surface area contributed by atoms with Crippen LogP contribution >= 0.6 is 0 Å². The molecule has 0 unspecified atom stereocenters. The highest BCUT2D eigenvalue weighted by Crippen LogP contribution is 2.40. The molecule has 71 heavy (non-hydrogen) atoms. The van der Waals surface area contributed by atoms with Crippen molar-refractivity contribution in [2.75, 3.05) is 4.90 Å². The van der Waals surface area contributed by atoms with E-state index in [1.807, 2.05) is 0 Å². The Kier molecular flexibility index (Phi) is 9.56. The second-order valence-corrected chi connectivity index (χ2v) is 26.1. The van der Waals surface area contributed by atoms with Gasteiger partial charge in [0.15, 0.2) is 16.1 Å². The summed E-state index contributed by atoms with van der Waals surface area (Å²) in [4.78, 5) is 2.30. The van der Waals surface area contributed by atoms with Crippen LogP contribution in [0.25, 0.3) is 44.2 Å². The molecule has 1 spiro atoms. The first-order chi connectivity index (χ1) is 35.2. The Balaban J connectivity index is 0.965. The first-order valence-corrected chi connectivity index (χ1v) is 28.4. The highest BCUT2D eigenvalue weighted by atomic mass is 28.3. The maximum absolute atomic E-state index is 6.94. The molecule has 0 N–H and O–H groups in total. The second-order valence-electron chi connectivity index (χ2n) is 18.7. The Morgan fingerprint density at radius 2 is 0.690 bits per heavy atom. The molecule has 0 saturated carbocycles. The summed E-state index contributed by atoms with van der Waals surface area (Å²) >= 11 is 0. The van der Waals surface area contributed by atoms with Crippen LogP contribution in [0.2, 0.25) is 0 Å². The Morgan fingerprint density at radius 1 is 0.268 bits per heavy atom. The van der Waals surface area contributed by atoms with E-state index in [0.29, 0.717) is 0 Å². The molecule has 11 aromatic carbocycles. The predicted molar refractivity (Wildman–Crippen MR) is 300 cm³/mol. The van der Waals surface area contributed by atoms with Crippen LogP contribution in [0.5, 0.6) is 11.5 Å². The van der Waals surface area contributed by atoms with E-state index in [9.17, 15) is 0 Å². The quantitative estimate of drug-likeness (QED) is 0.149. The average Bonchev–Trinajstić information content (AvgIpc) is 3.82. The highest BCUT2D eigenvalue weighted by molar-refractivity contribution is 7.33. The number of nitrogens with zero attached hydrogens (tertiary/aromatic N) is 1. The fraction of sp³-hybridized carbons (Fsp3) is 0. The van der Waals surface area contributed by atoms with Crippen molar-refractivity contribution in [3.05, 3.63) is 273 Å². The smallest absolute Gasteiger partial charge is 0.188 e. The first kappa shape index (κ1) is 41.2. The molecule has 5 heteroatoms. The van der Waals surface area contributed by atoms with Crippen molar-refractivity contribution >= 4 is 96.6 Å². The molecule has 0 aliphatic carbocycles. The summed E-state index contributed by atoms with van der Waals surface area (Å²) in [6, 6.07) is 101. The van der Waals surface area contributed by atoms with Gasteiger partial charge in [0.2, 0.25) is 0 Å². The van der Waals surface area contributed by atoms with Crippen LogP contribution in [0.4, 0.5) is 17.1 Å². The van der Waals surface area contributed by atoms with Crippen LogP contribution in [-0.2, 0) is 0 Å². The third-order valence-corrected chi connectivity index (χ3v) is 25.4. The maximum atomic E-state index is 6.94. The van der Waals surface area contributed by atoms with Crippen molar-refractivity contribution < 1.29 is 9.15 Å². The second kappa shape index (κ2) is 16.5. The summed E-state index contributed by atoms with van der Waals surface area (Å²) in [5, 5.41) is 13.3. The lowest BCUT2D eigenvalue weighted by atomic mass is 10.0.